The fourth-order valence-electron chi connectivity index (χ4n) is 2.33. The maximum Gasteiger partial charge on any atom is 0.139 e. The Morgan fingerprint density at radius 2 is 2.24 bits per heavy atom. The Morgan fingerprint density at radius 3 is 2.88 bits per heavy atom. The van der Waals surface area contributed by atoms with E-state index in [9.17, 15) is 0 Å². The molecule has 4 heteroatoms. The summed E-state index contributed by atoms with van der Waals surface area (Å²) >= 11 is 0. The standard InChI is InChI=1S/C13H21N3O/c1-10-4-2-3-5-12(10)17-9-11-6-7-13(16-14)15-8-11/h6-8,10,12H,2-5,9,14H2,1H3,(H,15,16). The van der Waals surface area contributed by atoms with Gasteiger partial charge in [-0.05, 0) is 30.4 Å². The number of nitrogens with zero attached hydrogens (tertiary/aromatic N) is 1. The molecule has 2 rings (SSSR count). The highest BCUT2D eigenvalue weighted by atomic mass is 16.5. The number of anilines is 1. The van der Waals surface area contributed by atoms with Gasteiger partial charge in [0.05, 0.1) is 12.7 Å². The van der Waals surface area contributed by atoms with Gasteiger partial charge in [0.25, 0.3) is 0 Å². The summed E-state index contributed by atoms with van der Waals surface area (Å²) in [5, 5.41) is 0. The topological polar surface area (TPSA) is 60.2 Å². The summed E-state index contributed by atoms with van der Waals surface area (Å²) in [6, 6.07) is 3.86. The van der Waals surface area contributed by atoms with Crippen molar-refractivity contribution in [2.75, 3.05) is 5.43 Å². The lowest BCUT2D eigenvalue weighted by atomic mass is 9.88. The Balaban J connectivity index is 1.84. The van der Waals surface area contributed by atoms with Gasteiger partial charge in [0.15, 0.2) is 0 Å². The lowest BCUT2D eigenvalue weighted by molar-refractivity contribution is -0.0155. The van der Waals surface area contributed by atoms with Gasteiger partial charge < -0.3 is 10.2 Å². The normalized spacial score (nSPS) is 24.6. The Labute approximate surface area is 103 Å². The highest BCUT2D eigenvalue weighted by Crippen LogP contribution is 2.26. The van der Waals surface area contributed by atoms with E-state index in [1.54, 1.807) is 0 Å². The van der Waals surface area contributed by atoms with E-state index in [4.69, 9.17) is 10.6 Å². The highest BCUT2D eigenvalue weighted by molar-refractivity contribution is 5.33. The minimum absolute atomic E-state index is 0.413. The first-order valence-electron chi connectivity index (χ1n) is 6.32. The molecule has 3 N–H and O–H groups in total. The van der Waals surface area contributed by atoms with Crippen LogP contribution in [-0.2, 0) is 11.3 Å². The quantitative estimate of drug-likeness (QED) is 0.621. The van der Waals surface area contributed by atoms with Crippen LogP contribution in [0.25, 0.3) is 0 Å². The zero-order valence-corrected chi connectivity index (χ0v) is 10.4. The van der Waals surface area contributed by atoms with Crippen molar-refractivity contribution in [3.05, 3.63) is 23.9 Å². The zero-order valence-electron chi connectivity index (χ0n) is 10.4. The molecule has 0 amide bonds. The molecule has 94 valence electrons. The monoisotopic (exact) mass is 235 g/mol. The molecule has 1 fully saturated rings. The zero-order chi connectivity index (χ0) is 12.1. The van der Waals surface area contributed by atoms with Gasteiger partial charge in [0.1, 0.15) is 5.82 Å². The number of pyridine rings is 1. The average Bonchev–Trinajstić information content (AvgIpc) is 2.38. The third-order valence-corrected chi connectivity index (χ3v) is 3.47. The van der Waals surface area contributed by atoms with Crippen molar-refractivity contribution in [2.24, 2.45) is 11.8 Å². The minimum atomic E-state index is 0.413. The number of ether oxygens (including phenoxy) is 1. The Hall–Kier alpha value is -1.13. The molecule has 1 heterocycles. The van der Waals surface area contributed by atoms with Crippen molar-refractivity contribution in [1.82, 2.24) is 4.98 Å². The highest BCUT2D eigenvalue weighted by Gasteiger charge is 2.21. The lowest BCUT2D eigenvalue weighted by Crippen LogP contribution is -2.25. The first kappa shape index (κ1) is 12.3. The third kappa shape index (κ3) is 3.41. The van der Waals surface area contributed by atoms with E-state index in [1.165, 1.54) is 25.7 Å². The van der Waals surface area contributed by atoms with Gasteiger partial charge in [-0.1, -0.05) is 25.8 Å². The SMILES string of the molecule is CC1CCCCC1OCc1ccc(NN)nc1. The van der Waals surface area contributed by atoms with Gasteiger partial charge in [0, 0.05) is 6.20 Å². The number of hydrogen-bond donors (Lipinski definition) is 2. The van der Waals surface area contributed by atoms with E-state index in [1.807, 2.05) is 18.3 Å². The van der Waals surface area contributed by atoms with Crippen molar-refractivity contribution >= 4 is 5.82 Å². The second-order valence-corrected chi connectivity index (χ2v) is 4.81. The molecule has 0 spiro atoms. The van der Waals surface area contributed by atoms with Crippen molar-refractivity contribution in [1.29, 1.82) is 0 Å². The Bertz CT molecular complexity index is 339. The first-order valence-corrected chi connectivity index (χ1v) is 6.32. The van der Waals surface area contributed by atoms with E-state index >= 15 is 0 Å². The number of nitrogen functional groups attached to an aromatic ring is 1. The van der Waals surface area contributed by atoms with Gasteiger partial charge in [-0.15, -0.1) is 0 Å². The summed E-state index contributed by atoms with van der Waals surface area (Å²) in [6.45, 7) is 2.93. The predicted octanol–water partition coefficient (Wildman–Crippen LogP) is 2.46. The largest absolute Gasteiger partial charge is 0.373 e. The molecule has 0 aromatic carbocycles. The maximum absolute atomic E-state index is 5.96. The second-order valence-electron chi connectivity index (χ2n) is 4.81. The number of nitrogens with one attached hydrogen (secondary N) is 1. The molecule has 2 atom stereocenters. The van der Waals surface area contributed by atoms with Crippen LogP contribution in [-0.4, -0.2) is 11.1 Å². The molecule has 0 bridgehead atoms. The molecular formula is C13H21N3O. The molecular weight excluding hydrogens is 214 g/mol. The average molecular weight is 235 g/mol. The molecule has 4 nitrogen and oxygen atoms in total. The summed E-state index contributed by atoms with van der Waals surface area (Å²) in [4.78, 5) is 4.16. The minimum Gasteiger partial charge on any atom is -0.373 e. The molecule has 1 saturated carbocycles. The van der Waals surface area contributed by atoms with Gasteiger partial charge in [0.2, 0.25) is 0 Å². The number of nitrogens with two attached hydrogens (primary N) is 1. The van der Waals surface area contributed by atoms with E-state index < -0.39 is 0 Å². The number of rotatable bonds is 4. The molecule has 1 aliphatic carbocycles. The molecule has 1 aliphatic rings. The first-order chi connectivity index (χ1) is 8.29. The van der Waals surface area contributed by atoms with Crippen molar-refractivity contribution in [2.45, 2.75) is 45.3 Å². The van der Waals surface area contributed by atoms with Crippen LogP contribution in [0.4, 0.5) is 5.82 Å². The van der Waals surface area contributed by atoms with Crippen LogP contribution in [0.1, 0.15) is 38.2 Å². The van der Waals surface area contributed by atoms with Crippen molar-refractivity contribution in [3.63, 3.8) is 0 Å². The Kier molecular flexibility index (Phi) is 4.34. The third-order valence-electron chi connectivity index (χ3n) is 3.47. The van der Waals surface area contributed by atoms with Gasteiger partial charge >= 0.3 is 0 Å². The molecule has 0 radical (unpaired) electrons. The Morgan fingerprint density at radius 1 is 1.41 bits per heavy atom. The summed E-state index contributed by atoms with van der Waals surface area (Å²) in [7, 11) is 0. The van der Waals surface area contributed by atoms with Crippen LogP contribution in [0, 0.1) is 5.92 Å². The fourth-order valence-corrected chi connectivity index (χ4v) is 2.33. The van der Waals surface area contributed by atoms with E-state index in [2.05, 4.69) is 17.3 Å². The van der Waals surface area contributed by atoms with Crippen LogP contribution in [0.5, 0.6) is 0 Å². The number of hydrogen-bond acceptors (Lipinski definition) is 4. The molecule has 0 aliphatic heterocycles. The van der Waals surface area contributed by atoms with Gasteiger partial charge in [-0.3, -0.25) is 0 Å². The van der Waals surface area contributed by atoms with Gasteiger partial charge in [-0.25, -0.2) is 10.8 Å². The summed E-state index contributed by atoms with van der Waals surface area (Å²) in [5.41, 5.74) is 3.61. The predicted molar refractivity (Wildman–Crippen MR) is 68.3 cm³/mol. The van der Waals surface area contributed by atoms with Crippen LogP contribution in [0.2, 0.25) is 0 Å². The molecule has 17 heavy (non-hydrogen) atoms. The maximum atomic E-state index is 5.96. The van der Waals surface area contributed by atoms with Crippen LogP contribution >= 0.6 is 0 Å². The van der Waals surface area contributed by atoms with Crippen LogP contribution in [0.15, 0.2) is 18.3 Å². The van der Waals surface area contributed by atoms with Crippen molar-refractivity contribution in [3.8, 4) is 0 Å². The lowest BCUT2D eigenvalue weighted by Gasteiger charge is -2.28. The molecule has 0 saturated heterocycles. The molecule has 1 aromatic rings. The number of hydrazine groups is 1. The van der Waals surface area contributed by atoms with E-state index in [0.717, 1.165) is 5.56 Å². The van der Waals surface area contributed by atoms with E-state index in [0.29, 0.717) is 24.4 Å². The smallest absolute Gasteiger partial charge is 0.139 e. The number of aromatic nitrogens is 1. The van der Waals surface area contributed by atoms with E-state index in [-0.39, 0.29) is 0 Å². The molecule has 2 unspecified atom stereocenters. The fraction of sp³-hybridized carbons (Fsp3) is 0.615. The van der Waals surface area contributed by atoms with Crippen LogP contribution in [0.3, 0.4) is 0 Å². The summed E-state index contributed by atoms with van der Waals surface area (Å²) in [5.74, 6) is 6.63. The van der Waals surface area contributed by atoms with Crippen molar-refractivity contribution < 1.29 is 4.74 Å². The van der Waals surface area contributed by atoms with Gasteiger partial charge in [-0.2, -0.15) is 0 Å². The summed E-state index contributed by atoms with van der Waals surface area (Å²) in [6.07, 6.45) is 7.34. The van der Waals surface area contributed by atoms with Crippen LogP contribution < -0.4 is 11.3 Å². The summed E-state index contributed by atoms with van der Waals surface area (Å²) < 4.78 is 5.96. The molecule has 1 aromatic heterocycles. The second kappa shape index (κ2) is 5.98.